The van der Waals surface area contributed by atoms with E-state index in [4.69, 9.17) is 27.7 Å². The predicted octanol–water partition coefficient (Wildman–Crippen LogP) is 3.05. The van der Waals surface area contributed by atoms with Gasteiger partial charge in [-0.2, -0.15) is 0 Å². The molecule has 0 saturated carbocycles. The molecule has 1 aromatic carbocycles. The molecular formula is C13H12Cl2N4O3. The molecule has 9 heteroatoms. The maximum atomic E-state index is 11.7. The number of nitrogens with zero attached hydrogens (tertiary/aromatic N) is 1. The molecule has 1 aromatic heterocycles. The number of aryl methyl sites for hydroxylation is 1. The third-order valence-electron chi connectivity index (χ3n) is 2.48. The monoisotopic (exact) mass is 342 g/mol. The van der Waals surface area contributed by atoms with Crippen molar-refractivity contribution >= 4 is 46.6 Å². The minimum atomic E-state index is -0.583. The van der Waals surface area contributed by atoms with Gasteiger partial charge in [-0.3, -0.25) is 10.1 Å². The molecule has 0 unspecified atom stereocenters. The van der Waals surface area contributed by atoms with Crippen LogP contribution >= 0.6 is 23.2 Å². The van der Waals surface area contributed by atoms with Gasteiger partial charge in [0.05, 0.1) is 17.3 Å². The molecule has 0 aliphatic rings. The van der Waals surface area contributed by atoms with Crippen LogP contribution in [0.15, 0.2) is 28.8 Å². The molecule has 3 amide bonds. The van der Waals surface area contributed by atoms with E-state index < -0.39 is 11.9 Å². The number of carbonyl (C=O) groups excluding carboxylic acids is 2. The first kappa shape index (κ1) is 16.1. The van der Waals surface area contributed by atoms with Gasteiger partial charge in [0, 0.05) is 11.1 Å². The smallest absolute Gasteiger partial charge is 0.320 e. The summed E-state index contributed by atoms with van der Waals surface area (Å²) in [6, 6.07) is 5.64. The SMILES string of the molecule is Cc1cc(NC(=O)NCC(=O)Nc2cc(Cl)ccc2Cl)no1. The van der Waals surface area contributed by atoms with Gasteiger partial charge in [-0.1, -0.05) is 28.4 Å². The zero-order chi connectivity index (χ0) is 16.1. The van der Waals surface area contributed by atoms with Gasteiger partial charge in [0.2, 0.25) is 5.91 Å². The van der Waals surface area contributed by atoms with Crippen LogP contribution in [0.5, 0.6) is 0 Å². The molecule has 0 atom stereocenters. The molecule has 0 fully saturated rings. The van der Waals surface area contributed by atoms with Crippen molar-refractivity contribution in [1.82, 2.24) is 10.5 Å². The van der Waals surface area contributed by atoms with Crippen LogP contribution in [0.3, 0.4) is 0 Å². The Kier molecular flexibility index (Phi) is 5.24. The number of nitrogens with one attached hydrogen (secondary N) is 3. The highest BCUT2D eigenvalue weighted by molar-refractivity contribution is 6.35. The van der Waals surface area contributed by atoms with Gasteiger partial charge < -0.3 is 15.2 Å². The largest absolute Gasteiger partial charge is 0.360 e. The molecule has 0 spiro atoms. The fourth-order valence-electron chi connectivity index (χ4n) is 1.53. The standard InChI is InChI=1S/C13H12Cl2N4O3/c1-7-4-11(19-22-7)18-13(21)16-6-12(20)17-10-5-8(14)2-3-9(10)15/h2-5H,6H2,1H3,(H,17,20)(H2,16,18,19,21). The molecule has 2 rings (SSSR count). The van der Waals surface area contributed by atoms with Gasteiger partial charge in [0.1, 0.15) is 5.76 Å². The molecule has 0 aliphatic heterocycles. The lowest BCUT2D eigenvalue weighted by molar-refractivity contribution is -0.115. The van der Waals surface area contributed by atoms with Crippen LogP contribution in [-0.4, -0.2) is 23.6 Å². The van der Waals surface area contributed by atoms with Gasteiger partial charge in [-0.25, -0.2) is 4.79 Å². The number of urea groups is 1. The summed E-state index contributed by atoms with van der Waals surface area (Å²) >= 11 is 11.7. The lowest BCUT2D eigenvalue weighted by Crippen LogP contribution is -2.35. The van der Waals surface area contributed by atoms with Crippen molar-refractivity contribution in [2.75, 3.05) is 17.2 Å². The van der Waals surface area contributed by atoms with Gasteiger partial charge in [-0.15, -0.1) is 0 Å². The number of amides is 3. The number of hydrogen-bond donors (Lipinski definition) is 3. The Balaban J connectivity index is 1.82. The van der Waals surface area contributed by atoms with E-state index in [-0.39, 0.29) is 12.4 Å². The first-order chi connectivity index (χ1) is 10.4. The molecule has 7 nitrogen and oxygen atoms in total. The summed E-state index contributed by atoms with van der Waals surface area (Å²) in [6.07, 6.45) is 0. The number of rotatable bonds is 4. The van der Waals surface area contributed by atoms with Crippen LogP contribution in [-0.2, 0) is 4.79 Å². The lowest BCUT2D eigenvalue weighted by Gasteiger charge is -2.08. The highest BCUT2D eigenvalue weighted by Crippen LogP contribution is 2.25. The van der Waals surface area contributed by atoms with Crippen molar-refractivity contribution < 1.29 is 14.1 Å². The summed E-state index contributed by atoms with van der Waals surface area (Å²) in [4.78, 5) is 23.3. The number of carbonyl (C=O) groups is 2. The van der Waals surface area contributed by atoms with Crippen molar-refractivity contribution in [3.8, 4) is 0 Å². The predicted molar refractivity (Wildman–Crippen MR) is 83.4 cm³/mol. The molecule has 2 aromatic rings. The Morgan fingerprint density at radius 1 is 1.23 bits per heavy atom. The normalized spacial score (nSPS) is 10.1. The molecule has 3 N–H and O–H groups in total. The van der Waals surface area contributed by atoms with Crippen molar-refractivity contribution in [1.29, 1.82) is 0 Å². The Morgan fingerprint density at radius 3 is 2.68 bits per heavy atom. The second-order valence-corrected chi connectivity index (χ2v) is 5.15. The quantitative estimate of drug-likeness (QED) is 0.795. The third kappa shape index (κ3) is 4.64. The van der Waals surface area contributed by atoms with Crippen LogP contribution in [0.2, 0.25) is 10.0 Å². The second kappa shape index (κ2) is 7.15. The number of anilines is 2. The van der Waals surface area contributed by atoms with E-state index in [1.54, 1.807) is 25.1 Å². The van der Waals surface area contributed by atoms with Crippen LogP contribution in [0.25, 0.3) is 0 Å². The van der Waals surface area contributed by atoms with Crippen molar-refractivity contribution in [3.63, 3.8) is 0 Å². The Bertz CT molecular complexity index is 702. The Hall–Kier alpha value is -2.25. The fraction of sp³-hybridized carbons (Fsp3) is 0.154. The minimum absolute atomic E-state index is 0.245. The van der Waals surface area contributed by atoms with Crippen LogP contribution in [0, 0.1) is 6.92 Å². The molecule has 1 heterocycles. The van der Waals surface area contributed by atoms with E-state index in [1.165, 1.54) is 6.07 Å². The number of halogens is 2. The fourth-order valence-corrected chi connectivity index (χ4v) is 1.87. The molecule has 0 aliphatic carbocycles. The summed E-state index contributed by atoms with van der Waals surface area (Å²) < 4.78 is 4.80. The van der Waals surface area contributed by atoms with Gasteiger partial charge in [0.15, 0.2) is 5.82 Å². The average molecular weight is 343 g/mol. The summed E-state index contributed by atoms with van der Waals surface area (Å²) in [5.41, 5.74) is 0.369. The maximum absolute atomic E-state index is 11.7. The molecular weight excluding hydrogens is 331 g/mol. The molecule has 0 saturated heterocycles. The van der Waals surface area contributed by atoms with Crippen LogP contribution in [0.1, 0.15) is 5.76 Å². The van der Waals surface area contributed by atoms with E-state index in [0.717, 1.165) is 0 Å². The maximum Gasteiger partial charge on any atom is 0.320 e. The number of aromatic nitrogens is 1. The summed E-state index contributed by atoms with van der Waals surface area (Å²) in [5, 5.41) is 11.7. The highest BCUT2D eigenvalue weighted by atomic mass is 35.5. The van der Waals surface area contributed by atoms with Gasteiger partial charge in [-0.05, 0) is 25.1 Å². The number of hydrogen-bond acceptors (Lipinski definition) is 4. The molecule has 22 heavy (non-hydrogen) atoms. The van der Waals surface area contributed by atoms with E-state index in [9.17, 15) is 9.59 Å². The first-order valence-electron chi connectivity index (χ1n) is 6.17. The Morgan fingerprint density at radius 2 is 2.00 bits per heavy atom. The average Bonchev–Trinajstić information content (AvgIpc) is 2.86. The molecule has 0 bridgehead atoms. The molecule has 116 valence electrons. The zero-order valence-corrected chi connectivity index (χ0v) is 13.0. The van der Waals surface area contributed by atoms with Crippen LogP contribution in [0.4, 0.5) is 16.3 Å². The van der Waals surface area contributed by atoms with E-state index in [0.29, 0.717) is 21.5 Å². The summed E-state index contributed by atoms with van der Waals surface area (Å²) in [6.45, 7) is 1.45. The first-order valence-corrected chi connectivity index (χ1v) is 6.92. The van der Waals surface area contributed by atoms with E-state index in [2.05, 4.69) is 21.1 Å². The highest BCUT2D eigenvalue weighted by Gasteiger charge is 2.10. The zero-order valence-electron chi connectivity index (χ0n) is 11.4. The van der Waals surface area contributed by atoms with Gasteiger partial charge >= 0.3 is 6.03 Å². The van der Waals surface area contributed by atoms with Crippen molar-refractivity contribution in [2.45, 2.75) is 6.92 Å². The van der Waals surface area contributed by atoms with Crippen LogP contribution < -0.4 is 16.0 Å². The summed E-state index contributed by atoms with van der Waals surface area (Å²) in [5.74, 6) is 0.368. The van der Waals surface area contributed by atoms with E-state index >= 15 is 0 Å². The molecule has 0 radical (unpaired) electrons. The minimum Gasteiger partial charge on any atom is -0.360 e. The number of benzene rings is 1. The van der Waals surface area contributed by atoms with E-state index in [1.807, 2.05) is 0 Å². The van der Waals surface area contributed by atoms with Gasteiger partial charge in [0.25, 0.3) is 0 Å². The lowest BCUT2D eigenvalue weighted by atomic mass is 10.3. The topological polar surface area (TPSA) is 96.3 Å². The third-order valence-corrected chi connectivity index (χ3v) is 3.05. The second-order valence-electron chi connectivity index (χ2n) is 4.30. The van der Waals surface area contributed by atoms with Crippen molar-refractivity contribution in [2.24, 2.45) is 0 Å². The summed E-state index contributed by atoms with van der Waals surface area (Å²) in [7, 11) is 0. The van der Waals surface area contributed by atoms with Crippen molar-refractivity contribution in [3.05, 3.63) is 40.1 Å². The Labute approximate surface area is 135 Å².